The van der Waals surface area contributed by atoms with Crippen LogP contribution in [0.4, 0.5) is 0 Å². The lowest BCUT2D eigenvalue weighted by Crippen LogP contribution is -1.93. The zero-order chi connectivity index (χ0) is 93.4. The van der Waals surface area contributed by atoms with Crippen molar-refractivity contribution in [3.8, 4) is 90.6 Å². The molecule has 0 amide bonds. The molecule has 0 aliphatic carbocycles. The van der Waals surface area contributed by atoms with E-state index < -0.39 is 0 Å². The Bertz CT molecular complexity index is 9420. The van der Waals surface area contributed by atoms with E-state index in [9.17, 15) is 0 Å². The highest BCUT2D eigenvalue weighted by atomic mass is 32.1. The van der Waals surface area contributed by atoms with Gasteiger partial charge in [-0.15, -0.1) is 22.7 Å². The number of nitrogens with zero attached hydrogens (tertiary/aromatic N) is 4. The van der Waals surface area contributed by atoms with Crippen molar-refractivity contribution in [2.75, 3.05) is 0 Å². The van der Waals surface area contributed by atoms with Crippen LogP contribution in [0.25, 0.3) is 240 Å². The Kier molecular flexibility index (Phi) is 22.6. The predicted octanol–water partition coefficient (Wildman–Crippen LogP) is 36.7. The Morgan fingerprint density at radius 1 is 0.164 bits per heavy atom. The first-order valence-electron chi connectivity index (χ1n) is 46.4. The number of fused-ring (bicyclic) bond motifs is 21. The van der Waals surface area contributed by atoms with Gasteiger partial charge >= 0.3 is 0 Å². The van der Waals surface area contributed by atoms with Gasteiger partial charge in [0.15, 0.2) is 0 Å². The first kappa shape index (κ1) is 84.9. The van der Waals surface area contributed by atoms with Crippen molar-refractivity contribution in [2.45, 2.75) is 0 Å². The highest BCUT2D eigenvalue weighted by Gasteiger charge is 2.20. The van der Waals surface area contributed by atoms with Gasteiger partial charge in [0.2, 0.25) is 0 Å². The van der Waals surface area contributed by atoms with Crippen LogP contribution in [0.3, 0.4) is 0 Å². The molecule has 0 saturated heterocycles. The second-order valence-electron chi connectivity index (χ2n) is 34.2. The van der Waals surface area contributed by atoms with Gasteiger partial charge in [0.25, 0.3) is 0 Å². The topological polar surface area (TPSA) is 125 Å². The quantitative estimate of drug-likeness (QED) is 0.140. The smallest absolute Gasteiger partial charge is 0.135 e. The van der Waals surface area contributed by atoms with E-state index in [1.54, 1.807) is 43.8 Å². The fourth-order valence-electron chi connectivity index (χ4n) is 19.3. The zero-order valence-corrected chi connectivity index (χ0v) is 77.7. The number of hydrogen-bond acceptors (Lipinski definition) is 10. The first-order valence-corrected chi connectivity index (χ1v) is 48.0. The standard InChI is InChI=1S/2C22H15NO.2C17H13NO.C16H10O2.2C16H10OS/c1-2-7-17(8-3-1)23-20-10-5-4-9-18(20)19-15-16(12-13-21(19)23)22-11-6-14-24-22;1-2-7-17(8-3-1)23-20-10-5-4-9-18(20)19-13-12-16(15-21(19)23)22-11-6-14-24-22;1-18-15-6-3-2-5-13(15)14-11-12(8-9-16(14)18)17-7-4-10-19-17;1-18-15-6-3-2-5-13(15)14-9-8-12(11-16(14)18)17-7-4-10-19-17;1-2-5-15-12(4-1)13-10-11(7-8-16(13)18-15)14-6-3-9-17-14;1-2-6-15-12(4-1)13-10-11(7-8-16(13)18-15)14-5-3-9-17-14;1-2-6-15-12(4-1)13-8-7-11(10-16(13)18-15)14-5-3-9-17-14/h2*1-15H;2*2-11H,1H3;3*1-10H. The summed E-state index contributed by atoms with van der Waals surface area (Å²) in [7, 11) is 4.22. The molecule has 30 rings (SSSR count). The lowest BCUT2D eigenvalue weighted by Gasteiger charge is -2.08. The van der Waals surface area contributed by atoms with Gasteiger partial charge in [-0.05, 0) is 243 Å². The number of hydrogen-bond donors (Lipinski definition) is 0. The molecule has 16 aromatic carbocycles. The Morgan fingerprint density at radius 2 is 0.443 bits per heavy atom. The minimum absolute atomic E-state index is 0.877. The molecule has 0 aliphatic rings. The van der Waals surface area contributed by atoms with E-state index in [0.717, 1.165) is 101 Å². The number of furan rings is 8. The Hall–Kier alpha value is -18.1. The molecule has 0 aliphatic heterocycles. The van der Waals surface area contributed by atoms with Crippen molar-refractivity contribution in [2.24, 2.45) is 14.1 Å². The van der Waals surface area contributed by atoms with E-state index in [1.807, 2.05) is 150 Å². The average molecular weight is 1850 g/mol. The van der Waals surface area contributed by atoms with Gasteiger partial charge in [-0.25, -0.2) is 0 Å². The molecule has 0 atom stereocenters. The van der Waals surface area contributed by atoms with E-state index in [4.69, 9.17) is 35.3 Å². The van der Waals surface area contributed by atoms with E-state index in [2.05, 4.69) is 348 Å². The van der Waals surface area contributed by atoms with Crippen LogP contribution in [-0.2, 0) is 14.1 Å². The molecule has 0 fully saturated rings. The molecular weight excluding hydrogens is 1760 g/mol. The van der Waals surface area contributed by atoms with Gasteiger partial charge in [0, 0.05) is 181 Å². The molecule has 12 nitrogen and oxygen atoms in total. The first-order chi connectivity index (χ1) is 69.3. The normalized spacial score (nSPS) is 11.4. The minimum Gasteiger partial charge on any atom is -0.464 e. The van der Waals surface area contributed by atoms with Gasteiger partial charge in [-0.3, -0.25) is 0 Å². The van der Waals surface area contributed by atoms with E-state index >= 15 is 0 Å². The Labute approximate surface area is 811 Å². The van der Waals surface area contributed by atoms with Crippen LogP contribution < -0.4 is 0 Å². The predicted molar refractivity (Wildman–Crippen MR) is 579 cm³/mol. The molecule has 0 radical (unpaired) electrons. The molecule has 0 spiro atoms. The van der Waals surface area contributed by atoms with Gasteiger partial charge in [0.1, 0.15) is 51.5 Å². The summed E-state index contributed by atoms with van der Waals surface area (Å²) in [5.41, 5.74) is 21.8. The maximum absolute atomic E-state index is 5.79. The van der Waals surface area contributed by atoms with Crippen molar-refractivity contribution < 1.29 is 35.3 Å². The van der Waals surface area contributed by atoms with Crippen molar-refractivity contribution in [1.82, 2.24) is 18.3 Å². The number of thiophene rings is 2. The number of para-hydroxylation sites is 7. The minimum atomic E-state index is 0.877. The number of aryl methyl sites for hydroxylation is 2. The summed E-state index contributed by atoms with van der Waals surface area (Å²) < 4.78 is 58.6. The molecule has 30 aromatic rings. The second-order valence-corrected chi connectivity index (χ2v) is 36.4. The van der Waals surface area contributed by atoms with E-state index in [1.165, 1.54) is 139 Å². The van der Waals surface area contributed by atoms with Crippen LogP contribution in [0, 0.1) is 0 Å². The lowest BCUT2D eigenvalue weighted by molar-refractivity contribution is 0.582. The van der Waals surface area contributed by atoms with Gasteiger partial charge < -0.3 is 53.6 Å². The number of benzene rings is 16. The third-order valence-corrected chi connectivity index (χ3v) is 28.3. The molecule has 0 bridgehead atoms. The fraction of sp³-hybridized carbons (Fsp3) is 0.0159. The summed E-state index contributed by atoms with van der Waals surface area (Å²) in [5.74, 6) is 6.33. The summed E-state index contributed by atoms with van der Waals surface area (Å²) in [6.07, 6.45) is 12.0. The monoisotopic (exact) mass is 1850 g/mol. The maximum atomic E-state index is 5.79. The molecule has 0 saturated carbocycles. The van der Waals surface area contributed by atoms with Gasteiger partial charge in [-0.2, -0.15) is 0 Å². The van der Waals surface area contributed by atoms with Crippen molar-refractivity contribution >= 4 is 172 Å². The van der Waals surface area contributed by atoms with Crippen LogP contribution in [0.5, 0.6) is 0 Å². The highest BCUT2D eigenvalue weighted by molar-refractivity contribution is 7.26. The van der Waals surface area contributed by atoms with Gasteiger partial charge in [0.05, 0.1) is 65.9 Å². The molecule has 14 heterocycles. The van der Waals surface area contributed by atoms with Crippen LogP contribution in [0.1, 0.15) is 0 Å². The summed E-state index contributed by atoms with van der Waals surface area (Å²) >= 11 is 3.67. The van der Waals surface area contributed by atoms with Crippen molar-refractivity contribution in [3.63, 3.8) is 0 Å². The molecular formula is C126H86N4O8S2. The lowest BCUT2D eigenvalue weighted by atomic mass is 10.1. The van der Waals surface area contributed by atoms with Crippen LogP contribution in [0.2, 0.25) is 0 Å². The summed E-state index contributed by atoms with van der Waals surface area (Å²) in [5, 5.41) is 17.7. The molecule has 0 unspecified atom stereocenters. The molecule has 0 N–H and O–H groups in total. The third-order valence-electron chi connectivity index (χ3n) is 26.0. The van der Waals surface area contributed by atoms with Crippen LogP contribution in [-0.4, -0.2) is 18.3 Å². The maximum Gasteiger partial charge on any atom is 0.135 e. The summed E-state index contributed by atoms with van der Waals surface area (Å²) in [6.45, 7) is 0. The van der Waals surface area contributed by atoms with Gasteiger partial charge in [-0.1, -0.05) is 200 Å². The van der Waals surface area contributed by atoms with E-state index in [-0.39, 0.29) is 0 Å². The number of aromatic nitrogens is 4. The Balaban J connectivity index is 0.0000000889. The molecule has 14 aromatic heterocycles. The Morgan fingerprint density at radius 3 is 0.936 bits per heavy atom. The average Bonchev–Trinajstić information content (AvgIpc) is 1.58. The SMILES string of the molecule is Cn1c2ccccc2c2cc(-c3ccco3)ccc21.Cn1c2ccccc2c2ccc(-c3ccco3)cc21.c1ccc(-n2c3ccccc3c3cc(-c4ccco4)ccc32)cc1.c1ccc(-n2c3ccccc3c3ccc(-c4ccco4)cc32)cc1.c1coc(-c2ccc3c(c2)sc2ccccc23)c1.c1coc(-c2ccc3oc4ccccc4c3c2)c1.c1coc(-c2ccc3sc4ccccc4c3c2)c1. The van der Waals surface area contributed by atoms with Crippen LogP contribution >= 0.6 is 22.7 Å². The van der Waals surface area contributed by atoms with Crippen molar-refractivity contribution in [3.05, 3.63) is 487 Å². The van der Waals surface area contributed by atoms with Crippen LogP contribution in [0.15, 0.2) is 522 Å². The fourth-order valence-corrected chi connectivity index (χ4v) is 21.6. The molecule has 670 valence electrons. The molecule has 140 heavy (non-hydrogen) atoms. The highest BCUT2D eigenvalue weighted by Crippen LogP contribution is 2.43. The van der Waals surface area contributed by atoms with E-state index in [0.29, 0.717) is 0 Å². The summed E-state index contributed by atoms with van der Waals surface area (Å²) in [6, 6.07) is 153. The summed E-state index contributed by atoms with van der Waals surface area (Å²) in [4.78, 5) is 0. The zero-order valence-electron chi connectivity index (χ0n) is 76.1. The second kappa shape index (κ2) is 37.3. The van der Waals surface area contributed by atoms with Crippen molar-refractivity contribution in [1.29, 1.82) is 0 Å². The number of rotatable bonds is 9. The third kappa shape index (κ3) is 16.3. The molecule has 14 heteroatoms. The largest absolute Gasteiger partial charge is 0.464 e.